The topological polar surface area (TPSA) is 41.1 Å². The number of rotatable bonds is 8. The average molecular weight is 419 g/mol. The highest BCUT2D eigenvalue weighted by Crippen LogP contribution is 2.31. The first kappa shape index (κ1) is 20.5. The molecular weight excluding hydrogens is 398 g/mol. The summed E-state index contributed by atoms with van der Waals surface area (Å²) in [5.74, 6) is -2.82. The highest BCUT2D eigenvalue weighted by atomic mass is 32.2. The standard InChI is InChI=1S/C21H20F2N2OS2/c1-14-8-10-15(11-9-14)20(18-7-4-12-27-18)24-13-19(26)25-16-5-2-3-6-17(16)28-21(22)23/h2-12,20-21,24H,13H2,1H3,(H,25,26)/t20-/m1/s1. The fraction of sp³-hybridized carbons (Fsp3) is 0.190. The van der Waals surface area contributed by atoms with Crippen LogP contribution in [0.5, 0.6) is 0 Å². The number of benzene rings is 2. The Labute approximate surface area is 171 Å². The van der Waals surface area contributed by atoms with Crippen LogP contribution >= 0.6 is 23.1 Å². The van der Waals surface area contributed by atoms with Crippen molar-refractivity contribution >= 4 is 34.7 Å². The van der Waals surface area contributed by atoms with Crippen molar-refractivity contribution in [3.63, 3.8) is 0 Å². The summed E-state index contributed by atoms with van der Waals surface area (Å²) in [6, 6.07) is 18.6. The van der Waals surface area contributed by atoms with E-state index in [4.69, 9.17) is 0 Å². The lowest BCUT2D eigenvalue weighted by atomic mass is 10.0. The van der Waals surface area contributed by atoms with E-state index >= 15 is 0 Å². The van der Waals surface area contributed by atoms with Gasteiger partial charge >= 0.3 is 0 Å². The number of amides is 1. The summed E-state index contributed by atoms with van der Waals surface area (Å²) in [5, 5.41) is 8.00. The number of hydrogen-bond acceptors (Lipinski definition) is 4. The molecule has 0 spiro atoms. The van der Waals surface area contributed by atoms with Crippen molar-refractivity contribution < 1.29 is 13.6 Å². The summed E-state index contributed by atoms with van der Waals surface area (Å²) in [6.45, 7) is 2.09. The third kappa shape index (κ3) is 5.64. The Bertz CT molecular complexity index is 899. The zero-order chi connectivity index (χ0) is 19.9. The quantitative estimate of drug-likeness (QED) is 0.462. The Balaban J connectivity index is 1.68. The molecule has 7 heteroatoms. The van der Waals surface area contributed by atoms with Crippen LogP contribution in [0.15, 0.2) is 70.9 Å². The molecule has 0 bridgehead atoms. The van der Waals surface area contributed by atoms with Crippen LogP contribution < -0.4 is 10.6 Å². The van der Waals surface area contributed by atoms with Crippen LogP contribution in [0.1, 0.15) is 22.0 Å². The number of hydrogen-bond donors (Lipinski definition) is 2. The van der Waals surface area contributed by atoms with Crippen LogP contribution in [0.25, 0.3) is 0 Å². The summed E-state index contributed by atoms with van der Waals surface area (Å²) in [4.78, 5) is 13.9. The lowest BCUT2D eigenvalue weighted by molar-refractivity contribution is -0.115. The van der Waals surface area contributed by atoms with Gasteiger partial charge in [-0.1, -0.05) is 59.8 Å². The van der Waals surface area contributed by atoms with Gasteiger partial charge in [-0.25, -0.2) is 0 Å². The zero-order valence-corrected chi connectivity index (χ0v) is 16.8. The lowest BCUT2D eigenvalue weighted by Gasteiger charge is -2.18. The molecule has 0 unspecified atom stereocenters. The van der Waals surface area contributed by atoms with Gasteiger partial charge < -0.3 is 5.32 Å². The van der Waals surface area contributed by atoms with Crippen molar-refractivity contribution in [1.29, 1.82) is 0 Å². The molecule has 0 aliphatic carbocycles. The van der Waals surface area contributed by atoms with Crippen molar-refractivity contribution in [1.82, 2.24) is 5.32 Å². The molecule has 0 fully saturated rings. The van der Waals surface area contributed by atoms with Gasteiger partial charge in [0.2, 0.25) is 5.91 Å². The molecule has 3 aromatic rings. The Kier molecular flexibility index (Phi) is 7.19. The van der Waals surface area contributed by atoms with Gasteiger partial charge in [0.25, 0.3) is 5.76 Å². The van der Waals surface area contributed by atoms with Gasteiger partial charge in [-0.2, -0.15) is 8.78 Å². The van der Waals surface area contributed by atoms with Gasteiger partial charge in [0.15, 0.2) is 0 Å². The summed E-state index contributed by atoms with van der Waals surface area (Å²) in [7, 11) is 0. The predicted octanol–water partition coefficient (Wildman–Crippen LogP) is 5.69. The number of para-hydroxylation sites is 1. The second kappa shape index (κ2) is 9.82. The van der Waals surface area contributed by atoms with Crippen LogP contribution in [0, 0.1) is 6.92 Å². The third-order valence-electron chi connectivity index (χ3n) is 4.08. The Morgan fingerprint density at radius 2 is 1.82 bits per heavy atom. The van der Waals surface area contributed by atoms with Gasteiger partial charge in [-0.05, 0) is 36.1 Å². The van der Waals surface area contributed by atoms with E-state index in [1.165, 1.54) is 5.56 Å². The first-order chi connectivity index (χ1) is 13.5. The van der Waals surface area contributed by atoms with Gasteiger partial charge in [0, 0.05) is 9.77 Å². The Hall–Kier alpha value is -2.22. The van der Waals surface area contributed by atoms with E-state index < -0.39 is 5.76 Å². The maximum atomic E-state index is 12.7. The SMILES string of the molecule is Cc1ccc([C@@H](NCC(=O)Nc2ccccc2SC(F)F)c2cccs2)cc1. The normalized spacial score (nSPS) is 12.1. The summed E-state index contributed by atoms with van der Waals surface area (Å²) >= 11 is 2.03. The van der Waals surface area contributed by atoms with Gasteiger partial charge in [-0.15, -0.1) is 11.3 Å². The number of anilines is 1. The number of alkyl halides is 2. The molecule has 146 valence electrons. The Morgan fingerprint density at radius 1 is 1.07 bits per heavy atom. The largest absolute Gasteiger partial charge is 0.324 e. The maximum absolute atomic E-state index is 12.7. The first-order valence-corrected chi connectivity index (χ1v) is 10.5. The predicted molar refractivity (Wildman–Crippen MR) is 112 cm³/mol. The number of thiophene rings is 1. The molecule has 1 amide bonds. The second-order valence-corrected chi connectivity index (χ2v) is 8.17. The number of carbonyl (C=O) groups excluding carboxylic acids is 1. The number of nitrogens with one attached hydrogen (secondary N) is 2. The minimum absolute atomic E-state index is 0.0596. The minimum atomic E-state index is -2.54. The Morgan fingerprint density at radius 3 is 2.50 bits per heavy atom. The fourth-order valence-corrected chi connectivity index (χ4v) is 4.18. The number of thioether (sulfide) groups is 1. The molecule has 0 radical (unpaired) electrons. The second-order valence-electron chi connectivity index (χ2n) is 6.16. The third-order valence-corrected chi connectivity index (χ3v) is 5.81. The van der Waals surface area contributed by atoms with Crippen molar-refractivity contribution in [3.8, 4) is 0 Å². The van der Waals surface area contributed by atoms with Crippen LogP contribution in [0.2, 0.25) is 0 Å². The molecule has 28 heavy (non-hydrogen) atoms. The van der Waals surface area contributed by atoms with E-state index in [-0.39, 0.29) is 18.5 Å². The molecule has 1 atom stereocenters. The van der Waals surface area contributed by atoms with E-state index in [0.717, 1.165) is 10.4 Å². The molecule has 1 heterocycles. The van der Waals surface area contributed by atoms with Crippen LogP contribution in [0.3, 0.4) is 0 Å². The van der Waals surface area contributed by atoms with E-state index in [9.17, 15) is 13.6 Å². The molecule has 1 aromatic heterocycles. The highest BCUT2D eigenvalue weighted by Gasteiger charge is 2.17. The molecule has 0 aliphatic heterocycles. The van der Waals surface area contributed by atoms with Gasteiger partial charge in [0.05, 0.1) is 18.3 Å². The molecule has 0 saturated carbocycles. The summed E-state index contributed by atoms with van der Waals surface area (Å²) in [6.07, 6.45) is 0. The van der Waals surface area contributed by atoms with E-state index in [1.54, 1.807) is 35.6 Å². The van der Waals surface area contributed by atoms with E-state index in [1.807, 2.05) is 48.7 Å². The maximum Gasteiger partial charge on any atom is 0.288 e. The first-order valence-electron chi connectivity index (χ1n) is 8.70. The molecule has 2 aromatic carbocycles. The highest BCUT2D eigenvalue weighted by molar-refractivity contribution is 7.99. The van der Waals surface area contributed by atoms with Crippen molar-refractivity contribution in [2.45, 2.75) is 23.6 Å². The fourth-order valence-electron chi connectivity index (χ4n) is 2.75. The summed E-state index contributed by atoms with van der Waals surface area (Å²) < 4.78 is 25.4. The summed E-state index contributed by atoms with van der Waals surface area (Å²) in [5.41, 5.74) is 2.62. The minimum Gasteiger partial charge on any atom is -0.324 e. The average Bonchev–Trinajstić information content (AvgIpc) is 3.19. The number of halogens is 2. The molecular formula is C21H20F2N2OS2. The van der Waals surface area contributed by atoms with Gasteiger partial charge in [-0.3, -0.25) is 10.1 Å². The molecule has 0 saturated heterocycles. The van der Waals surface area contributed by atoms with E-state index in [2.05, 4.69) is 10.6 Å². The zero-order valence-electron chi connectivity index (χ0n) is 15.2. The smallest absolute Gasteiger partial charge is 0.288 e. The van der Waals surface area contributed by atoms with Crippen LogP contribution in [-0.2, 0) is 4.79 Å². The number of aryl methyl sites for hydroxylation is 1. The number of carbonyl (C=O) groups is 1. The molecule has 3 rings (SSSR count). The molecule has 0 aliphatic rings. The monoisotopic (exact) mass is 418 g/mol. The van der Waals surface area contributed by atoms with Gasteiger partial charge in [0.1, 0.15) is 0 Å². The molecule has 3 nitrogen and oxygen atoms in total. The lowest BCUT2D eigenvalue weighted by Crippen LogP contribution is -2.31. The van der Waals surface area contributed by atoms with Crippen LogP contribution in [0.4, 0.5) is 14.5 Å². The van der Waals surface area contributed by atoms with Crippen molar-refractivity contribution in [2.75, 3.05) is 11.9 Å². The van der Waals surface area contributed by atoms with E-state index in [0.29, 0.717) is 22.3 Å². The van der Waals surface area contributed by atoms with Crippen molar-refractivity contribution in [2.24, 2.45) is 0 Å². The molecule has 2 N–H and O–H groups in total. The van der Waals surface area contributed by atoms with Crippen molar-refractivity contribution in [3.05, 3.63) is 82.0 Å². The van der Waals surface area contributed by atoms with Crippen LogP contribution in [-0.4, -0.2) is 18.2 Å².